The van der Waals surface area contributed by atoms with E-state index in [2.05, 4.69) is 17.3 Å². The molecular weight excluding hydrogens is 262 g/mol. The molecule has 0 bridgehead atoms. The van der Waals surface area contributed by atoms with Crippen LogP contribution in [-0.2, 0) is 18.2 Å². The van der Waals surface area contributed by atoms with Crippen molar-refractivity contribution in [1.29, 1.82) is 0 Å². The lowest BCUT2D eigenvalue weighted by molar-refractivity contribution is 0.176. The monoisotopic (exact) mass is 285 g/mol. The summed E-state index contributed by atoms with van der Waals surface area (Å²) in [5, 5.41) is 8.81. The summed E-state index contributed by atoms with van der Waals surface area (Å²) in [6.07, 6.45) is 3.22. The quantitative estimate of drug-likeness (QED) is 0.872. The summed E-state index contributed by atoms with van der Waals surface area (Å²) in [4.78, 5) is 0. The van der Waals surface area contributed by atoms with Gasteiger partial charge in [-0.25, -0.2) is 0 Å². The third-order valence-corrected chi connectivity index (χ3v) is 4.36. The van der Waals surface area contributed by atoms with E-state index in [1.165, 1.54) is 5.56 Å². The Balaban J connectivity index is 2.09. The molecule has 2 rings (SSSR count). The molecule has 19 heavy (non-hydrogen) atoms. The number of ether oxygens (including phenoxy) is 1. The first kappa shape index (κ1) is 14.8. The van der Waals surface area contributed by atoms with Crippen LogP contribution in [0, 0.1) is 12.8 Å². The zero-order valence-corrected chi connectivity index (χ0v) is 12.8. The van der Waals surface area contributed by atoms with Crippen LogP contribution in [0.25, 0.3) is 0 Å². The van der Waals surface area contributed by atoms with Crippen LogP contribution in [0.2, 0.25) is 5.15 Å². The van der Waals surface area contributed by atoms with Crippen LogP contribution in [0.1, 0.15) is 31.0 Å². The molecule has 0 radical (unpaired) electrons. The number of rotatable bonds is 6. The van der Waals surface area contributed by atoms with Crippen LogP contribution >= 0.6 is 11.6 Å². The highest BCUT2D eigenvalue weighted by Crippen LogP contribution is 2.25. The predicted octanol–water partition coefficient (Wildman–Crippen LogP) is 2.33. The van der Waals surface area contributed by atoms with Crippen molar-refractivity contribution in [1.82, 2.24) is 15.1 Å². The van der Waals surface area contributed by atoms with E-state index in [0.717, 1.165) is 49.9 Å². The Morgan fingerprint density at radius 1 is 1.58 bits per heavy atom. The van der Waals surface area contributed by atoms with Crippen molar-refractivity contribution in [3.63, 3.8) is 0 Å². The van der Waals surface area contributed by atoms with Crippen LogP contribution in [0.4, 0.5) is 0 Å². The normalized spacial score (nSPS) is 20.9. The molecule has 1 aliphatic heterocycles. The molecule has 1 aliphatic rings. The lowest BCUT2D eigenvalue weighted by Crippen LogP contribution is -2.39. The molecule has 1 saturated heterocycles. The van der Waals surface area contributed by atoms with Gasteiger partial charge in [-0.3, -0.25) is 4.68 Å². The van der Waals surface area contributed by atoms with Crippen LogP contribution in [0.15, 0.2) is 0 Å². The molecule has 0 aromatic carbocycles. The zero-order chi connectivity index (χ0) is 13.8. The number of hydrogen-bond acceptors (Lipinski definition) is 3. The molecule has 2 unspecified atom stereocenters. The van der Waals surface area contributed by atoms with E-state index in [1.54, 1.807) is 4.68 Å². The lowest BCUT2D eigenvalue weighted by Gasteiger charge is -2.23. The van der Waals surface area contributed by atoms with Gasteiger partial charge in [0.15, 0.2) is 0 Å². The van der Waals surface area contributed by atoms with Gasteiger partial charge in [-0.2, -0.15) is 5.10 Å². The standard InChI is InChI=1S/C14H24ClN3O/c1-4-6-16-13(11-5-7-19-9-11)8-12-10(2)17-18(3)14(12)15/h11,13,16H,4-9H2,1-3H3. The minimum absolute atomic E-state index is 0.433. The second-order valence-electron chi connectivity index (χ2n) is 5.37. The Bertz CT molecular complexity index is 413. The summed E-state index contributed by atoms with van der Waals surface area (Å²) in [6.45, 7) is 7.01. The van der Waals surface area contributed by atoms with Crippen molar-refractivity contribution in [2.75, 3.05) is 19.8 Å². The first-order chi connectivity index (χ1) is 9.13. The molecule has 0 spiro atoms. The Morgan fingerprint density at radius 3 is 2.89 bits per heavy atom. The van der Waals surface area contributed by atoms with Gasteiger partial charge in [0.25, 0.3) is 0 Å². The van der Waals surface area contributed by atoms with E-state index in [-0.39, 0.29) is 0 Å². The van der Waals surface area contributed by atoms with Gasteiger partial charge in [0.1, 0.15) is 5.15 Å². The highest BCUT2D eigenvalue weighted by molar-refractivity contribution is 6.30. The number of aryl methyl sites for hydroxylation is 2. The number of aromatic nitrogens is 2. The van der Waals surface area contributed by atoms with Crippen LogP contribution in [-0.4, -0.2) is 35.6 Å². The van der Waals surface area contributed by atoms with E-state index in [9.17, 15) is 0 Å². The first-order valence-electron chi connectivity index (χ1n) is 7.12. The van der Waals surface area contributed by atoms with Crippen molar-refractivity contribution in [2.45, 2.75) is 39.2 Å². The summed E-state index contributed by atoms with van der Waals surface area (Å²) in [6, 6.07) is 0.433. The minimum Gasteiger partial charge on any atom is -0.381 e. The third kappa shape index (κ3) is 3.50. The van der Waals surface area contributed by atoms with Crippen LogP contribution in [0.5, 0.6) is 0 Å². The van der Waals surface area contributed by atoms with Gasteiger partial charge in [-0.1, -0.05) is 18.5 Å². The fourth-order valence-electron chi connectivity index (χ4n) is 2.73. The van der Waals surface area contributed by atoms with E-state index in [4.69, 9.17) is 16.3 Å². The van der Waals surface area contributed by atoms with Crippen molar-refractivity contribution < 1.29 is 4.74 Å². The average Bonchev–Trinajstić information content (AvgIpc) is 2.98. The molecule has 1 N–H and O–H groups in total. The van der Waals surface area contributed by atoms with Crippen LogP contribution in [0.3, 0.4) is 0 Å². The predicted molar refractivity (Wildman–Crippen MR) is 77.7 cm³/mol. The molecule has 1 fully saturated rings. The van der Waals surface area contributed by atoms with E-state index in [0.29, 0.717) is 12.0 Å². The van der Waals surface area contributed by atoms with Gasteiger partial charge in [-0.05, 0) is 32.7 Å². The molecule has 4 nitrogen and oxygen atoms in total. The maximum atomic E-state index is 6.34. The molecule has 0 amide bonds. The molecular formula is C14H24ClN3O. The average molecular weight is 286 g/mol. The topological polar surface area (TPSA) is 39.1 Å². The molecule has 2 heterocycles. The van der Waals surface area contributed by atoms with E-state index in [1.807, 2.05) is 14.0 Å². The summed E-state index contributed by atoms with van der Waals surface area (Å²) in [7, 11) is 1.89. The number of halogens is 1. The Hall–Kier alpha value is -0.580. The Morgan fingerprint density at radius 2 is 2.37 bits per heavy atom. The van der Waals surface area contributed by atoms with E-state index < -0.39 is 0 Å². The summed E-state index contributed by atoms with van der Waals surface area (Å²) >= 11 is 6.34. The Labute approximate surface area is 120 Å². The fraction of sp³-hybridized carbons (Fsp3) is 0.786. The molecule has 1 aromatic rings. The molecule has 2 atom stereocenters. The Kier molecular flexibility index (Phi) is 5.25. The van der Waals surface area contributed by atoms with Crippen molar-refractivity contribution >= 4 is 11.6 Å². The maximum absolute atomic E-state index is 6.34. The largest absolute Gasteiger partial charge is 0.381 e. The number of nitrogens with zero attached hydrogens (tertiary/aromatic N) is 2. The van der Waals surface area contributed by atoms with E-state index >= 15 is 0 Å². The fourth-order valence-corrected chi connectivity index (χ4v) is 2.98. The van der Waals surface area contributed by atoms with Crippen molar-refractivity contribution in [3.8, 4) is 0 Å². The zero-order valence-electron chi connectivity index (χ0n) is 12.1. The summed E-state index contributed by atoms with van der Waals surface area (Å²) < 4.78 is 7.29. The second kappa shape index (κ2) is 6.73. The molecule has 5 heteroatoms. The highest BCUT2D eigenvalue weighted by atomic mass is 35.5. The lowest BCUT2D eigenvalue weighted by atomic mass is 9.93. The number of nitrogens with one attached hydrogen (secondary N) is 1. The smallest absolute Gasteiger partial charge is 0.130 e. The summed E-state index contributed by atoms with van der Waals surface area (Å²) in [5.74, 6) is 0.585. The van der Waals surface area contributed by atoms with Gasteiger partial charge in [-0.15, -0.1) is 0 Å². The van der Waals surface area contributed by atoms with Gasteiger partial charge in [0.05, 0.1) is 12.3 Å². The second-order valence-corrected chi connectivity index (χ2v) is 5.72. The van der Waals surface area contributed by atoms with Gasteiger partial charge in [0, 0.05) is 31.2 Å². The van der Waals surface area contributed by atoms with Crippen molar-refractivity contribution in [2.24, 2.45) is 13.0 Å². The van der Waals surface area contributed by atoms with Gasteiger partial charge < -0.3 is 10.1 Å². The molecule has 0 saturated carbocycles. The minimum atomic E-state index is 0.433. The first-order valence-corrected chi connectivity index (χ1v) is 7.50. The highest BCUT2D eigenvalue weighted by Gasteiger charge is 2.27. The SMILES string of the molecule is CCCNC(Cc1c(C)nn(C)c1Cl)C1CCOC1. The number of hydrogen-bond donors (Lipinski definition) is 1. The maximum Gasteiger partial charge on any atom is 0.130 e. The third-order valence-electron chi connectivity index (χ3n) is 3.88. The molecule has 108 valence electrons. The summed E-state index contributed by atoms with van der Waals surface area (Å²) in [5.41, 5.74) is 2.21. The van der Waals surface area contributed by atoms with Gasteiger partial charge in [0.2, 0.25) is 0 Å². The molecule has 1 aromatic heterocycles. The van der Waals surface area contributed by atoms with Crippen LogP contribution < -0.4 is 5.32 Å². The van der Waals surface area contributed by atoms with Gasteiger partial charge >= 0.3 is 0 Å². The van der Waals surface area contributed by atoms with Crippen molar-refractivity contribution in [3.05, 3.63) is 16.4 Å². The molecule has 0 aliphatic carbocycles.